The second-order valence-electron chi connectivity index (χ2n) is 5.52. The lowest BCUT2D eigenvalue weighted by molar-refractivity contribution is -0.128. The van der Waals surface area contributed by atoms with Crippen LogP contribution in [0.4, 0.5) is 5.82 Å². The lowest BCUT2D eigenvalue weighted by Crippen LogP contribution is -2.36. The van der Waals surface area contributed by atoms with Crippen molar-refractivity contribution in [2.24, 2.45) is 5.41 Å². The standard InChI is InChI=1S/C14H21N3O2/c1-10-5-6-11(16-9-10)17-12(18)7-8-15-13(19)14(2,3)4/h5-6,9H,7-8H2,1-4H3,(H,15,19)(H,16,17,18). The smallest absolute Gasteiger partial charge is 0.227 e. The number of carbonyl (C=O) groups is 2. The van der Waals surface area contributed by atoms with Crippen molar-refractivity contribution >= 4 is 17.6 Å². The van der Waals surface area contributed by atoms with Crippen molar-refractivity contribution in [1.82, 2.24) is 10.3 Å². The summed E-state index contributed by atoms with van der Waals surface area (Å²) >= 11 is 0. The first kappa shape index (κ1) is 15.1. The number of hydrogen-bond acceptors (Lipinski definition) is 3. The van der Waals surface area contributed by atoms with Gasteiger partial charge in [-0.15, -0.1) is 0 Å². The third-order valence-electron chi connectivity index (χ3n) is 2.50. The van der Waals surface area contributed by atoms with Gasteiger partial charge in [0.2, 0.25) is 11.8 Å². The molecule has 0 aromatic carbocycles. The quantitative estimate of drug-likeness (QED) is 0.871. The van der Waals surface area contributed by atoms with Crippen molar-refractivity contribution in [2.45, 2.75) is 34.1 Å². The molecule has 0 atom stereocenters. The lowest BCUT2D eigenvalue weighted by Gasteiger charge is -2.17. The third-order valence-corrected chi connectivity index (χ3v) is 2.50. The average molecular weight is 263 g/mol. The number of aryl methyl sites for hydroxylation is 1. The zero-order valence-corrected chi connectivity index (χ0v) is 11.9. The summed E-state index contributed by atoms with van der Waals surface area (Å²) in [5.74, 6) is 0.303. The fourth-order valence-corrected chi connectivity index (χ4v) is 1.30. The molecule has 0 fully saturated rings. The first-order valence-electron chi connectivity index (χ1n) is 6.30. The van der Waals surface area contributed by atoms with Gasteiger partial charge in [0, 0.05) is 24.6 Å². The number of rotatable bonds is 4. The minimum atomic E-state index is -0.436. The Morgan fingerprint density at radius 3 is 2.47 bits per heavy atom. The van der Waals surface area contributed by atoms with E-state index < -0.39 is 5.41 Å². The summed E-state index contributed by atoms with van der Waals surface area (Å²) in [6, 6.07) is 3.63. The number of pyridine rings is 1. The molecule has 0 aliphatic carbocycles. The summed E-state index contributed by atoms with van der Waals surface area (Å²) in [7, 11) is 0. The molecule has 104 valence electrons. The van der Waals surface area contributed by atoms with Crippen molar-refractivity contribution in [2.75, 3.05) is 11.9 Å². The van der Waals surface area contributed by atoms with E-state index in [1.54, 1.807) is 12.3 Å². The van der Waals surface area contributed by atoms with Crippen LogP contribution in [-0.2, 0) is 9.59 Å². The Bertz CT molecular complexity index is 447. The Morgan fingerprint density at radius 2 is 1.95 bits per heavy atom. The van der Waals surface area contributed by atoms with Crippen LogP contribution in [0.15, 0.2) is 18.3 Å². The van der Waals surface area contributed by atoms with Gasteiger partial charge in [0.1, 0.15) is 5.82 Å². The highest BCUT2D eigenvalue weighted by atomic mass is 16.2. The fraction of sp³-hybridized carbons (Fsp3) is 0.500. The monoisotopic (exact) mass is 263 g/mol. The number of carbonyl (C=O) groups excluding carboxylic acids is 2. The van der Waals surface area contributed by atoms with Crippen LogP contribution in [0, 0.1) is 12.3 Å². The van der Waals surface area contributed by atoms with E-state index in [0.717, 1.165) is 5.56 Å². The van der Waals surface area contributed by atoms with Crippen LogP contribution in [0.1, 0.15) is 32.8 Å². The van der Waals surface area contributed by atoms with Gasteiger partial charge >= 0.3 is 0 Å². The van der Waals surface area contributed by atoms with Crippen LogP contribution in [0.5, 0.6) is 0 Å². The Hall–Kier alpha value is -1.91. The summed E-state index contributed by atoms with van der Waals surface area (Å²) in [6.07, 6.45) is 1.92. The second kappa shape index (κ2) is 6.31. The van der Waals surface area contributed by atoms with Crippen LogP contribution < -0.4 is 10.6 Å². The molecule has 2 N–H and O–H groups in total. The summed E-state index contributed by atoms with van der Waals surface area (Å²) in [5, 5.41) is 5.41. The third kappa shape index (κ3) is 5.50. The van der Waals surface area contributed by atoms with Gasteiger partial charge in [-0.05, 0) is 18.6 Å². The van der Waals surface area contributed by atoms with Crippen LogP contribution in [-0.4, -0.2) is 23.3 Å². The maximum absolute atomic E-state index is 11.6. The number of hydrogen-bond donors (Lipinski definition) is 2. The van der Waals surface area contributed by atoms with Crippen molar-refractivity contribution in [3.05, 3.63) is 23.9 Å². The maximum Gasteiger partial charge on any atom is 0.227 e. The molecule has 5 nitrogen and oxygen atoms in total. The minimum Gasteiger partial charge on any atom is -0.355 e. The molecule has 0 saturated carbocycles. The molecule has 0 radical (unpaired) electrons. The normalized spacial score (nSPS) is 10.9. The van der Waals surface area contributed by atoms with E-state index in [4.69, 9.17) is 0 Å². The molecule has 0 spiro atoms. The van der Waals surface area contributed by atoms with Gasteiger partial charge in [0.05, 0.1) is 0 Å². The Morgan fingerprint density at radius 1 is 1.26 bits per heavy atom. The first-order valence-corrected chi connectivity index (χ1v) is 6.30. The lowest BCUT2D eigenvalue weighted by atomic mass is 9.96. The Balaban J connectivity index is 2.33. The highest BCUT2D eigenvalue weighted by molar-refractivity contribution is 5.90. The molecule has 0 aliphatic heterocycles. The molecule has 19 heavy (non-hydrogen) atoms. The Kier molecular flexibility index (Phi) is 5.03. The van der Waals surface area contributed by atoms with Crippen LogP contribution in [0.2, 0.25) is 0 Å². The average Bonchev–Trinajstić information content (AvgIpc) is 2.31. The molecule has 0 aliphatic rings. The first-order chi connectivity index (χ1) is 8.79. The number of amides is 2. The molecular formula is C14H21N3O2. The van der Waals surface area contributed by atoms with Gasteiger partial charge in [-0.2, -0.15) is 0 Å². The molecule has 1 rings (SSSR count). The van der Waals surface area contributed by atoms with Crippen molar-refractivity contribution < 1.29 is 9.59 Å². The van der Waals surface area contributed by atoms with Crippen molar-refractivity contribution in [3.8, 4) is 0 Å². The summed E-state index contributed by atoms with van der Waals surface area (Å²) in [5.41, 5.74) is 0.602. The fourth-order valence-electron chi connectivity index (χ4n) is 1.30. The van der Waals surface area contributed by atoms with E-state index in [0.29, 0.717) is 12.4 Å². The molecule has 0 unspecified atom stereocenters. The molecule has 1 aromatic heterocycles. The molecular weight excluding hydrogens is 242 g/mol. The maximum atomic E-state index is 11.6. The zero-order valence-electron chi connectivity index (χ0n) is 11.9. The predicted molar refractivity (Wildman–Crippen MR) is 74.7 cm³/mol. The topological polar surface area (TPSA) is 71.1 Å². The number of nitrogens with zero attached hydrogens (tertiary/aromatic N) is 1. The molecule has 2 amide bonds. The van der Waals surface area contributed by atoms with Gasteiger partial charge in [0.15, 0.2) is 0 Å². The molecule has 5 heteroatoms. The molecule has 1 aromatic rings. The van der Waals surface area contributed by atoms with E-state index in [2.05, 4.69) is 15.6 Å². The number of nitrogens with one attached hydrogen (secondary N) is 2. The number of aromatic nitrogens is 1. The van der Waals surface area contributed by atoms with E-state index in [9.17, 15) is 9.59 Å². The van der Waals surface area contributed by atoms with Crippen LogP contribution in [0.25, 0.3) is 0 Å². The molecule has 0 bridgehead atoms. The summed E-state index contributed by atoms with van der Waals surface area (Å²) in [6.45, 7) is 7.75. The van der Waals surface area contributed by atoms with Gasteiger partial charge < -0.3 is 10.6 Å². The molecule has 0 saturated heterocycles. The van der Waals surface area contributed by atoms with E-state index in [1.165, 1.54) is 0 Å². The van der Waals surface area contributed by atoms with E-state index in [-0.39, 0.29) is 18.2 Å². The SMILES string of the molecule is Cc1ccc(NC(=O)CCNC(=O)C(C)(C)C)nc1. The van der Waals surface area contributed by atoms with Crippen molar-refractivity contribution in [1.29, 1.82) is 0 Å². The molecule has 1 heterocycles. The van der Waals surface area contributed by atoms with Crippen LogP contribution in [0.3, 0.4) is 0 Å². The Labute approximate surface area is 113 Å². The van der Waals surface area contributed by atoms with Gasteiger partial charge in [-0.25, -0.2) is 4.98 Å². The largest absolute Gasteiger partial charge is 0.355 e. The minimum absolute atomic E-state index is 0.0613. The second-order valence-corrected chi connectivity index (χ2v) is 5.52. The van der Waals surface area contributed by atoms with E-state index in [1.807, 2.05) is 33.8 Å². The zero-order chi connectivity index (χ0) is 14.5. The highest BCUT2D eigenvalue weighted by Crippen LogP contribution is 2.12. The van der Waals surface area contributed by atoms with Crippen molar-refractivity contribution in [3.63, 3.8) is 0 Å². The highest BCUT2D eigenvalue weighted by Gasteiger charge is 2.20. The predicted octanol–water partition coefficient (Wildman–Crippen LogP) is 1.88. The van der Waals surface area contributed by atoms with Gasteiger partial charge in [-0.3, -0.25) is 9.59 Å². The summed E-state index contributed by atoms with van der Waals surface area (Å²) < 4.78 is 0. The van der Waals surface area contributed by atoms with Gasteiger partial charge in [-0.1, -0.05) is 26.8 Å². The summed E-state index contributed by atoms with van der Waals surface area (Å²) in [4.78, 5) is 27.3. The van der Waals surface area contributed by atoms with E-state index >= 15 is 0 Å². The number of anilines is 1. The van der Waals surface area contributed by atoms with Crippen LogP contribution >= 0.6 is 0 Å². The van der Waals surface area contributed by atoms with Gasteiger partial charge in [0.25, 0.3) is 0 Å².